The van der Waals surface area contributed by atoms with Crippen LogP contribution in [0.2, 0.25) is 0 Å². The van der Waals surface area contributed by atoms with Gasteiger partial charge in [-0.2, -0.15) is 4.98 Å². The van der Waals surface area contributed by atoms with Crippen LogP contribution in [0.1, 0.15) is 0 Å². The first-order chi connectivity index (χ1) is 9.67. The molecule has 3 aromatic rings. The summed E-state index contributed by atoms with van der Waals surface area (Å²) in [5, 5.41) is 6.23. The predicted molar refractivity (Wildman–Crippen MR) is 90.3 cm³/mol. The normalized spacial score (nSPS) is 10.8. The Labute approximate surface area is 135 Å². The average molecular weight is 415 g/mol. The number of thiophene rings is 1. The van der Waals surface area contributed by atoms with Crippen molar-refractivity contribution in [2.45, 2.75) is 0 Å². The van der Waals surface area contributed by atoms with Gasteiger partial charge >= 0.3 is 0 Å². The Morgan fingerprint density at radius 2 is 2.00 bits per heavy atom. The lowest BCUT2D eigenvalue weighted by Gasteiger charge is -2.10. The number of anilines is 3. The molecule has 0 fully saturated rings. The highest BCUT2D eigenvalue weighted by molar-refractivity contribution is 9.11. The number of hydrogen-bond acceptors (Lipinski definition) is 6. The largest absolute Gasteiger partial charge is 0.339 e. The summed E-state index contributed by atoms with van der Waals surface area (Å²) < 4.78 is 1.93. The van der Waals surface area contributed by atoms with E-state index in [-0.39, 0.29) is 0 Å². The van der Waals surface area contributed by atoms with E-state index in [2.05, 4.69) is 52.6 Å². The Kier molecular flexibility index (Phi) is 3.88. The summed E-state index contributed by atoms with van der Waals surface area (Å²) in [6, 6.07) is 7.87. The Morgan fingerprint density at radius 3 is 2.80 bits per heavy atom. The summed E-state index contributed by atoms with van der Waals surface area (Å²) >= 11 is 8.51. The summed E-state index contributed by atoms with van der Waals surface area (Å²) in [7, 11) is 0. The number of fused-ring (bicyclic) bond motifs is 1. The van der Waals surface area contributed by atoms with Crippen molar-refractivity contribution in [3.05, 3.63) is 38.6 Å². The monoisotopic (exact) mass is 413 g/mol. The SMILES string of the molecule is NNc1nc(Nc2cc(Br)ccc2Br)c2ccsc2n1. The number of benzene rings is 1. The van der Waals surface area contributed by atoms with Gasteiger partial charge < -0.3 is 5.32 Å². The van der Waals surface area contributed by atoms with Gasteiger partial charge in [-0.15, -0.1) is 11.3 Å². The molecule has 0 aliphatic rings. The van der Waals surface area contributed by atoms with Crippen LogP contribution >= 0.6 is 43.2 Å². The molecule has 2 aromatic heterocycles. The first-order valence-electron chi connectivity index (χ1n) is 5.61. The predicted octanol–water partition coefficient (Wildman–Crippen LogP) is 4.25. The number of nitrogens with two attached hydrogens (primary N) is 1. The van der Waals surface area contributed by atoms with Gasteiger partial charge in [0.05, 0.1) is 11.1 Å². The van der Waals surface area contributed by atoms with Gasteiger partial charge in [-0.25, -0.2) is 10.8 Å². The molecule has 0 bridgehead atoms. The van der Waals surface area contributed by atoms with Gasteiger partial charge in [-0.3, -0.25) is 5.43 Å². The molecule has 0 saturated carbocycles. The fourth-order valence-electron chi connectivity index (χ4n) is 1.74. The number of halogens is 2. The van der Waals surface area contributed by atoms with Crippen LogP contribution in [0.3, 0.4) is 0 Å². The quantitative estimate of drug-likeness (QED) is 0.441. The molecule has 0 atom stereocenters. The van der Waals surface area contributed by atoms with E-state index in [0.717, 1.165) is 24.8 Å². The minimum Gasteiger partial charge on any atom is -0.339 e. The van der Waals surface area contributed by atoms with E-state index in [0.29, 0.717) is 11.8 Å². The first-order valence-corrected chi connectivity index (χ1v) is 8.08. The average Bonchev–Trinajstić information content (AvgIpc) is 2.91. The molecule has 0 spiro atoms. The van der Waals surface area contributed by atoms with E-state index < -0.39 is 0 Å². The van der Waals surface area contributed by atoms with Crippen molar-refractivity contribution in [1.29, 1.82) is 0 Å². The molecule has 4 N–H and O–H groups in total. The molecule has 3 rings (SSSR count). The third-order valence-electron chi connectivity index (χ3n) is 2.64. The summed E-state index contributed by atoms with van der Waals surface area (Å²) in [5.74, 6) is 6.51. The fourth-order valence-corrected chi connectivity index (χ4v) is 3.21. The second kappa shape index (κ2) is 5.65. The van der Waals surface area contributed by atoms with Gasteiger partial charge in [0.1, 0.15) is 10.6 Å². The zero-order valence-corrected chi connectivity index (χ0v) is 14.0. The topological polar surface area (TPSA) is 75.9 Å². The molecule has 2 heterocycles. The number of rotatable bonds is 3. The van der Waals surface area contributed by atoms with Gasteiger partial charge in [-0.05, 0) is 45.6 Å². The molecule has 1 aromatic carbocycles. The summed E-state index contributed by atoms with van der Waals surface area (Å²) in [5.41, 5.74) is 3.40. The maximum atomic E-state index is 5.41. The van der Waals surface area contributed by atoms with Crippen LogP contribution < -0.4 is 16.6 Å². The van der Waals surface area contributed by atoms with Crippen LogP contribution in [-0.2, 0) is 0 Å². The zero-order chi connectivity index (χ0) is 14.1. The number of hydrogen-bond donors (Lipinski definition) is 3. The third-order valence-corrected chi connectivity index (χ3v) is 4.63. The Bertz CT molecular complexity index is 774. The van der Waals surface area contributed by atoms with Crippen LogP contribution in [0.4, 0.5) is 17.5 Å². The summed E-state index contributed by atoms with van der Waals surface area (Å²) in [6.07, 6.45) is 0. The van der Waals surface area contributed by atoms with Gasteiger partial charge in [-0.1, -0.05) is 15.9 Å². The van der Waals surface area contributed by atoms with Crippen molar-refractivity contribution < 1.29 is 0 Å². The van der Waals surface area contributed by atoms with E-state index in [1.54, 1.807) is 11.3 Å². The number of hydrazine groups is 1. The third kappa shape index (κ3) is 2.64. The van der Waals surface area contributed by atoms with Crippen molar-refractivity contribution in [1.82, 2.24) is 9.97 Å². The van der Waals surface area contributed by atoms with Crippen LogP contribution in [0, 0.1) is 0 Å². The van der Waals surface area contributed by atoms with Crippen molar-refractivity contribution in [2.24, 2.45) is 5.84 Å². The molecule has 8 heteroatoms. The van der Waals surface area contributed by atoms with Crippen molar-refractivity contribution in [2.75, 3.05) is 10.7 Å². The molecular formula is C12H9Br2N5S. The maximum absolute atomic E-state index is 5.41. The number of nitrogens with one attached hydrogen (secondary N) is 2. The summed E-state index contributed by atoms with van der Waals surface area (Å²) in [4.78, 5) is 9.55. The molecule has 5 nitrogen and oxygen atoms in total. The van der Waals surface area contributed by atoms with Crippen molar-refractivity contribution in [3.63, 3.8) is 0 Å². The molecular weight excluding hydrogens is 406 g/mol. The Balaban J connectivity index is 2.09. The minimum absolute atomic E-state index is 0.383. The standard InChI is InChI=1S/C12H9Br2N5S/c13-6-1-2-8(14)9(5-6)16-10-7-3-4-20-11(7)18-12(17-10)19-15/h1-5H,15H2,(H2,16,17,18,19). The van der Waals surface area contributed by atoms with Gasteiger partial charge in [0.15, 0.2) is 0 Å². The van der Waals surface area contributed by atoms with Gasteiger partial charge in [0, 0.05) is 8.95 Å². The molecule has 0 unspecified atom stereocenters. The lowest BCUT2D eigenvalue weighted by molar-refractivity contribution is 1.16. The zero-order valence-electron chi connectivity index (χ0n) is 10.0. The number of aromatic nitrogens is 2. The Morgan fingerprint density at radius 1 is 1.15 bits per heavy atom. The molecule has 0 aliphatic heterocycles. The molecule has 0 radical (unpaired) electrons. The molecule has 102 valence electrons. The van der Waals surface area contributed by atoms with Crippen LogP contribution in [0.15, 0.2) is 38.6 Å². The van der Waals surface area contributed by atoms with Gasteiger partial charge in [0.25, 0.3) is 0 Å². The minimum atomic E-state index is 0.383. The van der Waals surface area contributed by atoms with E-state index in [9.17, 15) is 0 Å². The molecule has 0 amide bonds. The molecule has 0 aliphatic carbocycles. The first kappa shape index (κ1) is 13.7. The summed E-state index contributed by atoms with van der Waals surface area (Å²) in [6.45, 7) is 0. The van der Waals surface area contributed by atoms with Crippen molar-refractivity contribution >= 4 is 70.9 Å². The lowest BCUT2D eigenvalue weighted by Crippen LogP contribution is -2.11. The Hall–Kier alpha value is -1.22. The van der Waals surface area contributed by atoms with Crippen LogP contribution in [-0.4, -0.2) is 9.97 Å². The number of nitrogen functional groups attached to an aromatic ring is 1. The van der Waals surface area contributed by atoms with Crippen LogP contribution in [0.5, 0.6) is 0 Å². The lowest BCUT2D eigenvalue weighted by atomic mass is 10.3. The van der Waals surface area contributed by atoms with Gasteiger partial charge in [0.2, 0.25) is 5.95 Å². The highest BCUT2D eigenvalue weighted by atomic mass is 79.9. The second-order valence-electron chi connectivity index (χ2n) is 3.93. The maximum Gasteiger partial charge on any atom is 0.240 e. The van der Waals surface area contributed by atoms with E-state index in [1.807, 2.05) is 29.6 Å². The van der Waals surface area contributed by atoms with E-state index in [4.69, 9.17) is 5.84 Å². The smallest absolute Gasteiger partial charge is 0.240 e. The number of nitrogens with zero attached hydrogens (tertiary/aromatic N) is 2. The fraction of sp³-hybridized carbons (Fsp3) is 0. The van der Waals surface area contributed by atoms with E-state index in [1.165, 1.54) is 0 Å². The van der Waals surface area contributed by atoms with Crippen LogP contribution in [0.25, 0.3) is 10.2 Å². The highest BCUT2D eigenvalue weighted by Crippen LogP contribution is 2.32. The second-order valence-corrected chi connectivity index (χ2v) is 6.59. The molecule has 20 heavy (non-hydrogen) atoms. The molecule has 0 saturated heterocycles. The van der Waals surface area contributed by atoms with Crippen molar-refractivity contribution in [3.8, 4) is 0 Å². The van der Waals surface area contributed by atoms with E-state index >= 15 is 0 Å². The highest BCUT2D eigenvalue weighted by Gasteiger charge is 2.10.